The molecule has 1 aromatic heterocycles. The third-order valence-electron chi connectivity index (χ3n) is 7.49. The van der Waals surface area contributed by atoms with E-state index in [9.17, 15) is 9.50 Å². The van der Waals surface area contributed by atoms with E-state index in [1.165, 1.54) is 34.4 Å². The summed E-state index contributed by atoms with van der Waals surface area (Å²) in [5.74, 6) is -0.0251. The van der Waals surface area contributed by atoms with Gasteiger partial charge in [-0.25, -0.2) is 9.07 Å². The number of hydrogen-bond acceptors (Lipinski definition) is 2. The molecule has 160 valence electrons. The lowest BCUT2D eigenvalue weighted by atomic mass is 9.58. The molecule has 31 heavy (non-hydrogen) atoms. The molecule has 0 amide bonds. The average molecular weight is 417 g/mol. The Bertz CT molecular complexity index is 1130. The van der Waals surface area contributed by atoms with Crippen LogP contribution in [-0.4, -0.2) is 21.0 Å². The van der Waals surface area contributed by atoms with Crippen LogP contribution >= 0.6 is 0 Å². The number of aliphatic hydroxyl groups excluding tert-OH is 1. The molecule has 1 fully saturated rings. The predicted molar refractivity (Wildman–Crippen MR) is 122 cm³/mol. The van der Waals surface area contributed by atoms with Crippen LogP contribution in [0.4, 0.5) is 4.39 Å². The zero-order valence-corrected chi connectivity index (χ0v) is 18.2. The zero-order chi connectivity index (χ0) is 21.6. The number of benzene rings is 2. The number of aryl methyl sites for hydroxylation is 1. The first-order valence-electron chi connectivity index (χ1n) is 11.2. The molecule has 0 spiro atoms. The molecular weight excluding hydrogens is 387 g/mol. The highest BCUT2D eigenvalue weighted by Crippen LogP contribution is 2.52. The van der Waals surface area contributed by atoms with E-state index < -0.39 is 0 Å². The van der Waals surface area contributed by atoms with Crippen molar-refractivity contribution in [2.24, 2.45) is 11.3 Å². The summed E-state index contributed by atoms with van der Waals surface area (Å²) in [5, 5.41) is 16.0. The van der Waals surface area contributed by atoms with Gasteiger partial charge in [0.05, 0.1) is 23.7 Å². The zero-order valence-electron chi connectivity index (χ0n) is 18.2. The number of aromatic nitrogens is 2. The highest BCUT2D eigenvalue weighted by atomic mass is 19.1. The summed E-state index contributed by atoms with van der Waals surface area (Å²) in [6.45, 7) is 4.44. The minimum atomic E-state index is -0.372. The van der Waals surface area contributed by atoms with Crippen molar-refractivity contribution in [2.75, 3.05) is 0 Å². The summed E-state index contributed by atoms with van der Waals surface area (Å²) in [6.07, 6.45) is 8.62. The van der Waals surface area contributed by atoms with Gasteiger partial charge in [0.1, 0.15) is 5.82 Å². The van der Waals surface area contributed by atoms with E-state index in [1.54, 1.807) is 12.1 Å². The second-order valence-corrected chi connectivity index (χ2v) is 9.40. The van der Waals surface area contributed by atoms with Gasteiger partial charge in [-0.1, -0.05) is 36.8 Å². The molecule has 3 atom stereocenters. The molecule has 1 N–H and O–H groups in total. The molecule has 2 aliphatic carbocycles. The minimum Gasteiger partial charge on any atom is -0.392 e. The molecule has 3 aromatic rings. The molecule has 0 unspecified atom stereocenters. The van der Waals surface area contributed by atoms with Gasteiger partial charge in [-0.3, -0.25) is 0 Å². The molecule has 5 rings (SSSR count). The third kappa shape index (κ3) is 3.53. The van der Waals surface area contributed by atoms with E-state index in [-0.39, 0.29) is 23.3 Å². The highest BCUT2D eigenvalue weighted by Gasteiger charge is 2.46. The number of fused-ring (bicyclic) bond motifs is 2. The van der Waals surface area contributed by atoms with Gasteiger partial charge in [0, 0.05) is 0 Å². The second-order valence-electron chi connectivity index (χ2n) is 9.40. The van der Waals surface area contributed by atoms with E-state index in [0.29, 0.717) is 6.42 Å². The number of hydrogen-bond donors (Lipinski definition) is 1. The maximum absolute atomic E-state index is 13.4. The van der Waals surface area contributed by atoms with Crippen molar-refractivity contribution in [2.45, 2.75) is 52.1 Å². The summed E-state index contributed by atoms with van der Waals surface area (Å²) in [7, 11) is 0. The summed E-state index contributed by atoms with van der Waals surface area (Å²) in [6, 6.07) is 14.8. The van der Waals surface area contributed by atoms with Crippen LogP contribution < -0.4 is 0 Å². The van der Waals surface area contributed by atoms with Crippen molar-refractivity contribution in [3.8, 4) is 5.69 Å². The average Bonchev–Trinajstić information content (AvgIpc) is 3.15. The van der Waals surface area contributed by atoms with Gasteiger partial charge >= 0.3 is 0 Å². The van der Waals surface area contributed by atoms with Gasteiger partial charge in [-0.05, 0) is 97.4 Å². The first-order chi connectivity index (χ1) is 15.0. The number of nitrogens with zero attached hydrogens (tertiary/aromatic N) is 2. The van der Waals surface area contributed by atoms with Crippen LogP contribution in [0.5, 0.6) is 0 Å². The van der Waals surface area contributed by atoms with Crippen LogP contribution in [-0.2, 0) is 12.8 Å². The Morgan fingerprint density at radius 2 is 1.97 bits per heavy atom. The monoisotopic (exact) mass is 416 g/mol. The Morgan fingerprint density at radius 1 is 1.19 bits per heavy atom. The summed E-state index contributed by atoms with van der Waals surface area (Å²) in [5.41, 5.74) is 6.97. The number of aliphatic hydroxyl groups is 1. The van der Waals surface area contributed by atoms with Crippen LogP contribution in [0.15, 0.2) is 60.3 Å². The Kier molecular flexibility index (Phi) is 5.05. The largest absolute Gasteiger partial charge is 0.392 e. The topological polar surface area (TPSA) is 38.1 Å². The summed E-state index contributed by atoms with van der Waals surface area (Å²) >= 11 is 0. The van der Waals surface area contributed by atoms with Crippen molar-refractivity contribution in [1.82, 2.24) is 9.78 Å². The smallest absolute Gasteiger partial charge is 0.123 e. The van der Waals surface area contributed by atoms with Gasteiger partial charge in [0.2, 0.25) is 0 Å². The van der Waals surface area contributed by atoms with Crippen molar-refractivity contribution in [3.63, 3.8) is 0 Å². The molecule has 1 heterocycles. The molecule has 2 aliphatic rings. The van der Waals surface area contributed by atoms with E-state index >= 15 is 0 Å². The molecule has 0 saturated heterocycles. The lowest BCUT2D eigenvalue weighted by molar-refractivity contribution is 0.0233. The fourth-order valence-corrected chi connectivity index (χ4v) is 5.69. The molecule has 1 saturated carbocycles. The molecule has 0 aliphatic heterocycles. The van der Waals surface area contributed by atoms with Gasteiger partial charge in [0.25, 0.3) is 0 Å². The van der Waals surface area contributed by atoms with Gasteiger partial charge in [0.15, 0.2) is 0 Å². The molecule has 3 nitrogen and oxygen atoms in total. The first kappa shape index (κ1) is 20.2. The van der Waals surface area contributed by atoms with Crippen molar-refractivity contribution < 1.29 is 9.50 Å². The Hall–Kier alpha value is -2.72. The Balaban J connectivity index is 1.46. The van der Waals surface area contributed by atoms with E-state index in [1.807, 2.05) is 10.9 Å². The van der Waals surface area contributed by atoms with Crippen molar-refractivity contribution in [3.05, 3.63) is 88.5 Å². The molecule has 0 bridgehead atoms. The standard InChI is InChI=1S/C27H29FN2O/c1-18-6-3-4-7-19(18)14-26(31)24-9-5-8-21-15-25-20(16-27(21,24)2)17-29-30(25)23-12-10-22(28)11-13-23/h3-4,6-7,10-13,15,17,24,26,31H,5,8-9,14,16H2,1-2H3/t24-,26+,27+/m1/s1. The fraction of sp³-hybridized carbons (Fsp3) is 0.370. The van der Waals surface area contributed by atoms with Crippen molar-refractivity contribution >= 4 is 6.08 Å². The quantitative estimate of drug-likeness (QED) is 0.595. The van der Waals surface area contributed by atoms with Crippen LogP contribution in [0.3, 0.4) is 0 Å². The van der Waals surface area contributed by atoms with Gasteiger partial charge in [-0.2, -0.15) is 5.10 Å². The van der Waals surface area contributed by atoms with E-state index in [2.05, 4.69) is 49.3 Å². The SMILES string of the molecule is Cc1ccccc1C[C@H](O)[C@H]1CCCC2=Cc3c(cnn3-c3ccc(F)cc3)C[C@@]21C. The second kappa shape index (κ2) is 7.76. The minimum absolute atomic E-state index is 0.0655. The molecule has 2 aromatic carbocycles. The number of rotatable bonds is 4. The third-order valence-corrected chi connectivity index (χ3v) is 7.49. The van der Waals surface area contributed by atoms with Gasteiger partial charge < -0.3 is 5.11 Å². The summed E-state index contributed by atoms with van der Waals surface area (Å²) in [4.78, 5) is 0. The molecule has 4 heteroatoms. The molecule has 0 radical (unpaired) electrons. The maximum Gasteiger partial charge on any atom is 0.123 e. The van der Waals surface area contributed by atoms with Crippen LogP contribution in [0.25, 0.3) is 11.8 Å². The Labute approximate surface area is 183 Å². The van der Waals surface area contributed by atoms with Crippen LogP contribution in [0.1, 0.15) is 48.6 Å². The van der Waals surface area contributed by atoms with Crippen LogP contribution in [0, 0.1) is 24.1 Å². The normalized spacial score (nSPS) is 23.6. The van der Waals surface area contributed by atoms with Crippen LogP contribution in [0.2, 0.25) is 0 Å². The Morgan fingerprint density at radius 3 is 2.74 bits per heavy atom. The molecular formula is C27H29FN2O. The summed E-state index contributed by atoms with van der Waals surface area (Å²) < 4.78 is 15.3. The predicted octanol–water partition coefficient (Wildman–Crippen LogP) is 5.67. The number of halogens is 1. The number of allylic oxidation sites excluding steroid dienone is 1. The lowest BCUT2D eigenvalue weighted by Crippen LogP contribution is -2.44. The maximum atomic E-state index is 13.4. The highest BCUT2D eigenvalue weighted by molar-refractivity contribution is 5.61. The van der Waals surface area contributed by atoms with Crippen molar-refractivity contribution in [1.29, 1.82) is 0 Å². The van der Waals surface area contributed by atoms with Gasteiger partial charge in [-0.15, -0.1) is 0 Å². The van der Waals surface area contributed by atoms with E-state index in [4.69, 9.17) is 0 Å². The van der Waals surface area contributed by atoms with E-state index in [0.717, 1.165) is 37.1 Å². The lowest BCUT2D eigenvalue weighted by Gasteiger charge is -2.47. The fourth-order valence-electron chi connectivity index (χ4n) is 5.69. The first-order valence-corrected chi connectivity index (χ1v) is 11.2.